The molecule has 1 unspecified atom stereocenters. The molecule has 1 aromatic rings. The van der Waals surface area contributed by atoms with Crippen LogP contribution in [0.4, 0.5) is 0 Å². The van der Waals surface area contributed by atoms with E-state index in [4.69, 9.17) is 0 Å². The van der Waals surface area contributed by atoms with Gasteiger partial charge in [0.2, 0.25) is 0 Å². The second-order valence-corrected chi connectivity index (χ2v) is 6.44. The highest BCUT2D eigenvalue weighted by molar-refractivity contribution is 9.10. The van der Waals surface area contributed by atoms with Crippen LogP contribution in [0, 0.1) is 0 Å². The molecule has 1 nitrogen and oxygen atoms in total. The van der Waals surface area contributed by atoms with Crippen molar-refractivity contribution in [2.75, 3.05) is 7.05 Å². The second-order valence-electron chi connectivity index (χ2n) is 4.58. The standard InChI is InChI=1S/C14H24BrNS/c1-3-4-5-6-7-8-12(16-2)11-14-13(15)9-10-17-14/h9-10,12,16H,3-8,11H2,1-2H3. The molecule has 0 aliphatic heterocycles. The normalized spacial score (nSPS) is 12.9. The highest BCUT2D eigenvalue weighted by Crippen LogP contribution is 2.25. The van der Waals surface area contributed by atoms with Crippen LogP contribution >= 0.6 is 27.3 Å². The van der Waals surface area contributed by atoms with Crippen LogP contribution < -0.4 is 5.32 Å². The molecule has 0 saturated heterocycles. The molecule has 0 spiro atoms. The Balaban J connectivity index is 2.22. The van der Waals surface area contributed by atoms with Gasteiger partial charge in [0.1, 0.15) is 0 Å². The van der Waals surface area contributed by atoms with Crippen molar-refractivity contribution in [1.29, 1.82) is 0 Å². The van der Waals surface area contributed by atoms with Gasteiger partial charge in [-0.15, -0.1) is 11.3 Å². The number of rotatable bonds is 9. The summed E-state index contributed by atoms with van der Waals surface area (Å²) in [6, 6.07) is 2.78. The van der Waals surface area contributed by atoms with Gasteiger partial charge in [-0.3, -0.25) is 0 Å². The molecular formula is C14H24BrNS. The minimum Gasteiger partial charge on any atom is -0.317 e. The number of nitrogens with one attached hydrogen (secondary N) is 1. The average molecular weight is 318 g/mol. The largest absolute Gasteiger partial charge is 0.317 e. The first-order chi connectivity index (χ1) is 8.27. The minimum atomic E-state index is 0.631. The first kappa shape index (κ1) is 15.2. The molecule has 17 heavy (non-hydrogen) atoms. The third-order valence-corrected chi connectivity index (χ3v) is 5.14. The Kier molecular flexibility index (Phi) is 8.15. The molecule has 0 aliphatic carbocycles. The summed E-state index contributed by atoms with van der Waals surface area (Å²) >= 11 is 5.46. The lowest BCUT2D eigenvalue weighted by Crippen LogP contribution is -2.27. The molecule has 98 valence electrons. The van der Waals surface area contributed by atoms with Gasteiger partial charge in [0, 0.05) is 15.4 Å². The lowest BCUT2D eigenvalue weighted by molar-refractivity contribution is 0.483. The van der Waals surface area contributed by atoms with Gasteiger partial charge < -0.3 is 5.32 Å². The number of halogens is 1. The highest BCUT2D eigenvalue weighted by atomic mass is 79.9. The molecule has 0 aliphatic rings. The Bertz CT molecular complexity index is 298. The highest BCUT2D eigenvalue weighted by Gasteiger charge is 2.10. The predicted octanol–water partition coefficient (Wildman–Crippen LogP) is 5.00. The van der Waals surface area contributed by atoms with Crippen LogP contribution in [0.25, 0.3) is 0 Å². The van der Waals surface area contributed by atoms with E-state index in [2.05, 4.69) is 46.7 Å². The van der Waals surface area contributed by atoms with E-state index in [1.54, 1.807) is 0 Å². The first-order valence-corrected chi connectivity index (χ1v) is 8.34. The molecule has 0 radical (unpaired) electrons. The number of likely N-dealkylation sites (N-methyl/N-ethyl adjacent to an activating group) is 1. The predicted molar refractivity (Wildman–Crippen MR) is 81.9 cm³/mol. The van der Waals surface area contributed by atoms with Crippen molar-refractivity contribution in [3.63, 3.8) is 0 Å². The number of unbranched alkanes of at least 4 members (excludes halogenated alkanes) is 4. The molecule has 1 heterocycles. The van der Waals surface area contributed by atoms with Gasteiger partial charge in [0.25, 0.3) is 0 Å². The van der Waals surface area contributed by atoms with Gasteiger partial charge in [-0.05, 0) is 47.3 Å². The maximum absolute atomic E-state index is 3.61. The van der Waals surface area contributed by atoms with Crippen LogP contribution in [0.1, 0.15) is 50.3 Å². The van der Waals surface area contributed by atoms with E-state index in [0.29, 0.717) is 6.04 Å². The quantitative estimate of drug-likeness (QED) is 0.632. The van der Waals surface area contributed by atoms with Crippen molar-refractivity contribution in [3.8, 4) is 0 Å². The van der Waals surface area contributed by atoms with Crippen LogP contribution in [0.15, 0.2) is 15.9 Å². The molecule has 1 N–H and O–H groups in total. The fourth-order valence-electron chi connectivity index (χ4n) is 2.04. The molecule has 0 aromatic carbocycles. The fourth-order valence-corrected chi connectivity index (χ4v) is 3.63. The Hall–Kier alpha value is 0.140. The summed E-state index contributed by atoms with van der Waals surface area (Å²) in [5, 5.41) is 5.60. The second kappa shape index (κ2) is 9.12. The Morgan fingerprint density at radius 3 is 2.65 bits per heavy atom. The zero-order valence-corrected chi connectivity index (χ0v) is 13.4. The molecule has 1 rings (SSSR count). The Labute approximate surface area is 118 Å². The summed E-state index contributed by atoms with van der Waals surface area (Å²) in [5.41, 5.74) is 0. The Morgan fingerprint density at radius 2 is 2.06 bits per heavy atom. The Morgan fingerprint density at radius 1 is 1.29 bits per heavy atom. The molecule has 0 fully saturated rings. The lowest BCUT2D eigenvalue weighted by atomic mass is 10.0. The van der Waals surface area contributed by atoms with E-state index in [-0.39, 0.29) is 0 Å². The molecule has 1 atom stereocenters. The number of thiophene rings is 1. The van der Waals surface area contributed by atoms with E-state index < -0.39 is 0 Å². The van der Waals surface area contributed by atoms with Crippen molar-refractivity contribution >= 4 is 27.3 Å². The van der Waals surface area contributed by atoms with Crippen molar-refractivity contribution in [2.24, 2.45) is 0 Å². The summed E-state index contributed by atoms with van der Waals surface area (Å²) in [5.74, 6) is 0. The molecular weight excluding hydrogens is 294 g/mol. The van der Waals surface area contributed by atoms with E-state index >= 15 is 0 Å². The maximum atomic E-state index is 3.61. The van der Waals surface area contributed by atoms with Crippen LogP contribution in [0.2, 0.25) is 0 Å². The van der Waals surface area contributed by atoms with Crippen LogP contribution in [-0.2, 0) is 6.42 Å². The van der Waals surface area contributed by atoms with Crippen molar-refractivity contribution < 1.29 is 0 Å². The third-order valence-electron chi connectivity index (χ3n) is 3.19. The minimum absolute atomic E-state index is 0.631. The van der Waals surface area contributed by atoms with Crippen LogP contribution in [0.5, 0.6) is 0 Å². The number of hydrogen-bond donors (Lipinski definition) is 1. The molecule has 0 amide bonds. The van der Waals surface area contributed by atoms with E-state index in [0.717, 1.165) is 6.42 Å². The molecule has 0 saturated carbocycles. The van der Waals surface area contributed by atoms with E-state index in [9.17, 15) is 0 Å². The van der Waals surface area contributed by atoms with Gasteiger partial charge in [-0.2, -0.15) is 0 Å². The molecule has 1 aromatic heterocycles. The smallest absolute Gasteiger partial charge is 0.0314 e. The number of hydrogen-bond acceptors (Lipinski definition) is 2. The van der Waals surface area contributed by atoms with Gasteiger partial charge >= 0.3 is 0 Å². The zero-order chi connectivity index (χ0) is 12.5. The van der Waals surface area contributed by atoms with Crippen molar-refractivity contribution in [3.05, 3.63) is 20.8 Å². The summed E-state index contributed by atoms with van der Waals surface area (Å²) in [6.45, 7) is 2.27. The lowest BCUT2D eigenvalue weighted by Gasteiger charge is -2.15. The maximum Gasteiger partial charge on any atom is 0.0314 e. The van der Waals surface area contributed by atoms with Crippen molar-refractivity contribution in [2.45, 2.75) is 57.9 Å². The van der Waals surface area contributed by atoms with E-state index in [1.807, 2.05) is 11.3 Å². The van der Waals surface area contributed by atoms with Gasteiger partial charge in [0.15, 0.2) is 0 Å². The summed E-state index contributed by atoms with van der Waals surface area (Å²) in [6.07, 6.45) is 9.31. The van der Waals surface area contributed by atoms with Crippen molar-refractivity contribution in [1.82, 2.24) is 5.32 Å². The van der Waals surface area contributed by atoms with E-state index in [1.165, 1.54) is 47.9 Å². The van der Waals surface area contributed by atoms with Gasteiger partial charge in [0.05, 0.1) is 0 Å². The third kappa shape index (κ3) is 6.03. The summed E-state index contributed by atoms with van der Waals surface area (Å²) in [4.78, 5) is 1.47. The summed E-state index contributed by atoms with van der Waals surface area (Å²) in [7, 11) is 2.08. The molecule has 3 heteroatoms. The van der Waals surface area contributed by atoms with Crippen LogP contribution in [0.3, 0.4) is 0 Å². The fraction of sp³-hybridized carbons (Fsp3) is 0.714. The summed E-state index contributed by atoms with van der Waals surface area (Å²) < 4.78 is 1.27. The van der Waals surface area contributed by atoms with Gasteiger partial charge in [-0.1, -0.05) is 39.0 Å². The monoisotopic (exact) mass is 317 g/mol. The first-order valence-electron chi connectivity index (χ1n) is 6.67. The van der Waals surface area contributed by atoms with Gasteiger partial charge in [-0.25, -0.2) is 0 Å². The topological polar surface area (TPSA) is 12.0 Å². The SMILES string of the molecule is CCCCCCCC(Cc1sccc1Br)NC. The van der Waals surface area contributed by atoms with Crippen LogP contribution in [-0.4, -0.2) is 13.1 Å². The average Bonchev–Trinajstić information content (AvgIpc) is 2.73. The molecule has 0 bridgehead atoms. The zero-order valence-electron chi connectivity index (χ0n) is 11.0.